The molecule has 108 valence electrons. The van der Waals surface area contributed by atoms with Gasteiger partial charge in [0, 0.05) is 6.04 Å². The van der Waals surface area contributed by atoms with Crippen molar-refractivity contribution in [1.29, 1.82) is 0 Å². The number of carbonyl (C=O) groups excluding carboxylic acids is 1. The number of amides is 1. The summed E-state index contributed by atoms with van der Waals surface area (Å²) >= 11 is 0. The highest BCUT2D eigenvalue weighted by molar-refractivity contribution is 5.85. The second-order valence-corrected chi connectivity index (χ2v) is 5.96. The van der Waals surface area contributed by atoms with Gasteiger partial charge >= 0.3 is 0 Å². The molecule has 0 aromatic rings. The van der Waals surface area contributed by atoms with Crippen LogP contribution in [-0.2, 0) is 4.79 Å². The molecule has 0 bridgehead atoms. The maximum absolute atomic E-state index is 11.9. The predicted molar refractivity (Wildman–Crippen MR) is 78.8 cm³/mol. The first-order valence-electron chi connectivity index (χ1n) is 7.01. The van der Waals surface area contributed by atoms with Crippen LogP contribution in [0.5, 0.6) is 0 Å². The van der Waals surface area contributed by atoms with Crippen LogP contribution in [0.3, 0.4) is 0 Å². The number of rotatable bonds is 4. The fourth-order valence-corrected chi connectivity index (χ4v) is 2.84. The van der Waals surface area contributed by atoms with Gasteiger partial charge in [0.1, 0.15) is 0 Å². The lowest BCUT2D eigenvalue weighted by Crippen LogP contribution is -2.50. The van der Waals surface area contributed by atoms with Crippen molar-refractivity contribution >= 4 is 18.3 Å². The number of carbonyl (C=O) groups is 1. The third-order valence-corrected chi connectivity index (χ3v) is 4.13. The SMILES string of the molecule is CC[C@H](N)C(=O)NC1CC(C)CCC1C(C)C.Cl. The molecule has 4 heteroatoms. The van der Waals surface area contributed by atoms with Crippen LogP contribution in [-0.4, -0.2) is 18.0 Å². The number of hydrogen-bond acceptors (Lipinski definition) is 2. The van der Waals surface area contributed by atoms with Gasteiger partial charge in [-0.3, -0.25) is 4.79 Å². The lowest BCUT2D eigenvalue weighted by atomic mass is 9.74. The summed E-state index contributed by atoms with van der Waals surface area (Å²) in [6.07, 6.45) is 4.33. The third kappa shape index (κ3) is 4.77. The van der Waals surface area contributed by atoms with Crippen LogP contribution in [0, 0.1) is 17.8 Å². The van der Waals surface area contributed by atoms with Crippen LogP contribution in [0.15, 0.2) is 0 Å². The van der Waals surface area contributed by atoms with Crippen LogP contribution in [0.1, 0.15) is 53.4 Å². The smallest absolute Gasteiger partial charge is 0.237 e. The quantitative estimate of drug-likeness (QED) is 0.830. The summed E-state index contributed by atoms with van der Waals surface area (Å²) in [6.45, 7) is 8.72. The van der Waals surface area contributed by atoms with E-state index in [9.17, 15) is 4.79 Å². The lowest BCUT2D eigenvalue weighted by molar-refractivity contribution is -0.124. The van der Waals surface area contributed by atoms with Gasteiger partial charge in [0.2, 0.25) is 5.91 Å². The highest BCUT2D eigenvalue weighted by atomic mass is 35.5. The van der Waals surface area contributed by atoms with E-state index in [1.807, 2.05) is 6.92 Å². The molecule has 3 nitrogen and oxygen atoms in total. The van der Waals surface area contributed by atoms with Crippen molar-refractivity contribution in [3.8, 4) is 0 Å². The van der Waals surface area contributed by atoms with Crippen LogP contribution in [0.4, 0.5) is 0 Å². The van der Waals surface area contributed by atoms with E-state index in [4.69, 9.17) is 5.73 Å². The summed E-state index contributed by atoms with van der Waals surface area (Å²) in [7, 11) is 0. The van der Waals surface area contributed by atoms with Crippen molar-refractivity contribution < 1.29 is 4.79 Å². The first-order chi connectivity index (χ1) is 7.95. The summed E-state index contributed by atoms with van der Waals surface area (Å²) < 4.78 is 0. The Kier molecular flexibility index (Phi) is 7.88. The molecule has 1 rings (SSSR count). The average molecular weight is 277 g/mol. The zero-order valence-corrected chi connectivity index (χ0v) is 12.9. The second kappa shape index (κ2) is 8.00. The van der Waals surface area contributed by atoms with Gasteiger partial charge in [0.05, 0.1) is 6.04 Å². The van der Waals surface area contributed by atoms with Gasteiger partial charge in [-0.1, -0.05) is 34.1 Å². The normalized spacial score (nSPS) is 29.6. The first-order valence-corrected chi connectivity index (χ1v) is 7.01. The molecule has 0 radical (unpaired) electrons. The Hall–Kier alpha value is -0.280. The number of nitrogens with two attached hydrogens (primary N) is 1. The van der Waals surface area contributed by atoms with Crippen molar-refractivity contribution in [2.24, 2.45) is 23.5 Å². The maximum Gasteiger partial charge on any atom is 0.237 e. The van der Waals surface area contributed by atoms with Crippen molar-refractivity contribution in [2.75, 3.05) is 0 Å². The molecular weight excluding hydrogens is 248 g/mol. The van der Waals surface area contributed by atoms with Crippen LogP contribution in [0.2, 0.25) is 0 Å². The molecule has 1 fully saturated rings. The molecule has 1 amide bonds. The van der Waals surface area contributed by atoms with Gasteiger partial charge in [0.25, 0.3) is 0 Å². The summed E-state index contributed by atoms with van der Waals surface area (Å²) in [4.78, 5) is 11.9. The van der Waals surface area contributed by atoms with Gasteiger partial charge in [0.15, 0.2) is 0 Å². The van der Waals surface area contributed by atoms with Gasteiger partial charge in [-0.05, 0) is 37.0 Å². The number of nitrogens with one attached hydrogen (secondary N) is 1. The molecule has 0 aromatic heterocycles. The van der Waals surface area contributed by atoms with Crippen molar-refractivity contribution in [1.82, 2.24) is 5.32 Å². The minimum Gasteiger partial charge on any atom is -0.352 e. The zero-order valence-electron chi connectivity index (χ0n) is 12.1. The number of hydrogen-bond donors (Lipinski definition) is 2. The molecule has 3 unspecified atom stereocenters. The van der Waals surface area contributed by atoms with E-state index >= 15 is 0 Å². The van der Waals surface area contributed by atoms with E-state index in [1.54, 1.807) is 0 Å². The molecule has 18 heavy (non-hydrogen) atoms. The molecule has 4 atom stereocenters. The molecule has 0 spiro atoms. The lowest BCUT2D eigenvalue weighted by Gasteiger charge is -2.38. The molecule has 0 heterocycles. The summed E-state index contributed by atoms with van der Waals surface area (Å²) in [5.74, 6) is 1.98. The Morgan fingerprint density at radius 3 is 2.50 bits per heavy atom. The Balaban J connectivity index is 0.00000289. The molecule has 0 aliphatic heterocycles. The molecule has 3 N–H and O–H groups in total. The van der Waals surface area contributed by atoms with E-state index in [2.05, 4.69) is 26.1 Å². The largest absolute Gasteiger partial charge is 0.352 e. The fourth-order valence-electron chi connectivity index (χ4n) is 2.84. The molecule has 1 saturated carbocycles. The van der Waals surface area contributed by atoms with Gasteiger partial charge < -0.3 is 11.1 Å². The Morgan fingerprint density at radius 1 is 1.39 bits per heavy atom. The summed E-state index contributed by atoms with van der Waals surface area (Å²) in [5, 5.41) is 3.17. The van der Waals surface area contributed by atoms with E-state index in [1.165, 1.54) is 12.8 Å². The van der Waals surface area contributed by atoms with Gasteiger partial charge in [-0.25, -0.2) is 0 Å². The Labute approximate surface area is 118 Å². The van der Waals surface area contributed by atoms with Crippen molar-refractivity contribution in [3.05, 3.63) is 0 Å². The summed E-state index contributed by atoms with van der Waals surface area (Å²) in [5.41, 5.74) is 5.78. The topological polar surface area (TPSA) is 55.1 Å². The Morgan fingerprint density at radius 2 is 2.00 bits per heavy atom. The molecule has 1 aliphatic rings. The van der Waals surface area contributed by atoms with Gasteiger partial charge in [-0.15, -0.1) is 12.4 Å². The fraction of sp³-hybridized carbons (Fsp3) is 0.929. The van der Waals surface area contributed by atoms with Crippen molar-refractivity contribution in [2.45, 2.75) is 65.5 Å². The van der Waals surface area contributed by atoms with E-state index < -0.39 is 0 Å². The van der Waals surface area contributed by atoms with Gasteiger partial charge in [-0.2, -0.15) is 0 Å². The molecular formula is C14H29ClN2O. The molecule has 1 aliphatic carbocycles. The monoisotopic (exact) mass is 276 g/mol. The summed E-state index contributed by atoms with van der Waals surface area (Å²) in [6, 6.07) is -0.0242. The second-order valence-electron chi connectivity index (χ2n) is 5.96. The highest BCUT2D eigenvalue weighted by Gasteiger charge is 2.32. The minimum absolute atomic E-state index is 0. The van der Waals surface area contributed by atoms with Crippen LogP contribution in [0.25, 0.3) is 0 Å². The van der Waals surface area contributed by atoms with Crippen molar-refractivity contribution in [3.63, 3.8) is 0 Å². The minimum atomic E-state index is -0.347. The maximum atomic E-state index is 11.9. The number of halogens is 1. The standard InChI is InChI=1S/C14H28N2O.ClH/c1-5-12(15)14(17)16-13-8-10(4)6-7-11(13)9(2)3;/h9-13H,5-8,15H2,1-4H3,(H,16,17);1H/t10?,11?,12-,13?;/m0./s1. The Bertz CT molecular complexity index is 258. The molecule has 0 aromatic carbocycles. The third-order valence-electron chi connectivity index (χ3n) is 4.13. The van der Waals surface area contributed by atoms with E-state index in [0.717, 1.165) is 6.42 Å². The van der Waals surface area contributed by atoms with Crippen LogP contribution >= 0.6 is 12.4 Å². The van der Waals surface area contributed by atoms with E-state index in [0.29, 0.717) is 30.2 Å². The highest BCUT2D eigenvalue weighted by Crippen LogP contribution is 2.33. The average Bonchev–Trinajstić information content (AvgIpc) is 2.27. The predicted octanol–water partition coefficient (Wildman–Crippen LogP) is 2.72. The van der Waals surface area contributed by atoms with E-state index in [-0.39, 0.29) is 24.4 Å². The first kappa shape index (κ1) is 17.7. The van der Waals surface area contributed by atoms with Crippen LogP contribution < -0.4 is 11.1 Å². The zero-order chi connectivity index (χ0) is 13.0. The molecule has 0 saturated heterocycles.